The molecule has 86 valence electrons. The van der Waals surface area contributed by atoms with Crippen LogP contribution in [0.1, 0.15) is 15.9 Å². The second kappa shape index (κ2) is 4.60. The minimum absolute atomic E-state index is 0.173. The number of aryl methyl sites for hydroxylation is 1. The van der Waals surface area contributed by atoms with Crippen molar-refractivity contribution in [3.8, 4) is 11.1 Å². The molecule has 0 aliphatic rings. The molecular weight excluding hydrogens is 236 g/mol. The van der Waals surface area contributed by atoms with Gasteiger partial charge in [-0.25, -0.2) is 0 Å². The van der Waals surface area contributed by atoms with Gasteiger partial charge in [0.2, 0.25) is 0 Å². The number of hydrogen-bond donors (Lipinski definition) is 0. The number of rotatable bonds is 2. The fraction of sp³-hybridized carbons (Fsp3) is 0.0714. The third-order valence-electron chi connectivity index (χ3n) is 2.63. The lowest BCUT2D eigenvalue weighted by molar-refractivity contribution is -0.255. The Morgan fingerprint density at radius 3 is 2.18 bits per heavy atom. The van der Waals surface area contributed by atoms with Crippen LogP contribution in [0.4, 0.5) is 0 Å². The van der Waals surface area contributed by atoms with Crippen LogP contribution in [0.3, 0.4) is 0 Å². The van der Waals surface area contributed by atoms with Crippen LogP contribution in [-0.2, 0) is 0 Å². The Kier molecular flexibility index (Phi) is 3.16. The van der Waals surface area contributed by atoms with Crippen LogP contribution >= 0.6 is 11.6 Å². The molecule has 3 heteroatoms. The predicted molar refractivity (Wildman–Crippen MR) is 66.0 cm³/mol. The maximum atomic E-state index is 10.6. The Bertz CT molecular complexity index is 559. The van der Waals surface area contributed by atoms with Gasteiger partial charge in [-0.1, -0.05) is 48.0 Å². The number of carboxylic acids is 1. The van der Waals surface area contributed by atoms with Gasteiger partial charge in [0.15, 0.2) is 0 Å². The highest BCUT2D eigenvalue weighted by molar-refractivity contribution is 6.31. The van der Waals surface area contributed by atoms with E-state index in [1.54, 1.807) is 12.1 Å². The molecular formula is C14H10ClO2-. The van der Waals surface area contributed by atoms with Crippen LogP contribution in [0.5, 0.6) is 0 Å². The van der Waals surface area contributed by atoms with Crippen LogP contribution in [0.25, 0.3) is 11.1 Å². The summed E-state index contributed by atoms with van der Waals surface area (Å²) in [6.07, 6.45) is 0. The molecule has 0 aromatic heterocycles. The fourth-order valence-corrected chi connectivity index (χ4v) is 1.75. The van der Waals surface area contributed by atoms with Crippen LogP contribution < -0.4 is 5.11 Å². The summed E-state index contributed by atoms with van der Waals surface area (Å²) < 4.78 is 0. The summed E-state index contributed by atoms with van der Waals surface area (Å²) in [5.41, 5.74) is 3.08. The predicted octanol–water partition coefficient (Wildman–Crippen LogP) is 2.68. The van der Waals surface area contributed by atoms with Gasteiger partial charge in [0.1, 0.15) is 0 Å². The van der Waals surface area contributed by atoms with Crippen molar-refractivity contribution in [3.63, 3.8) is 0 Å². The van der Waals surface area contributed by atoms with Gasteiger partial charge >= 0.3 is 0 Å². The van der Waals surface area contributed by atoms with Crippen molar-refractivity contribution in [1.82, 2.24) is 0 Å². The molecule has 0 saturated carbocycles. The van der Waals surface area contributed by atoms with E-state index in [1.807, 2.05) is 25.1 Å². The van der Waals surface area contributed by atoms with Crippen molar-refractivity contribution >= 4 is 17.6 Å². The Balaban J connectivity index is 2.39. The van der Waals surface area contributed by atoms with Gasteiger partial charge in [-0.3, -0.25) is 0 Å². The molecule has 0 fully saturated rings. The van der Waals surface area contributed by atoms with Crippen LogP contribution in [0.2, 0.25) is 5.02 Å². The smallest absolute Gasteiger partial charge is 0.0715 e. The lowest BCUT2D eigenvalue weighted by Gasteiger charge is -2.06. The molecule has 2 rings (SSSR count). The molecule has 0 heterocycles. The molecule has 0 amide bonds. The fourth-order valence-electron chi connectivity index (χ4n) is 1.57. The maximum absolute atomic E-state index is 10.6. The molecule has 2 nitrogen and oxygen atoms in total. The largest absolute Gasteiger partial charge is 0.545 e. The normalized spacial score (nSPS) is 10.2. The first kappa shape index (κ1) is 11.7. The quantitative estimate of drug-likeness (QED) is 0.816. The Morgan fingerprint density at radius 2 is 1.65 bits per heavy atom. The number of hydrogen-bond acceptors (Lipinski definition) is 2. The number of halogens is 1. The summed E-state index contributed by atoms with van der Waals surface area (Å²) in [6.45, 7) is 1.94. The Morgan fingerprint density at radius 1 is 1.06 bits per heavy atom. The highest BCUT2D eigenvalue weighted by Crippen LogP contribution is 2.25. The summed E-state index contributed by atoms with van der Waals surface area (Å²) in [7, 11) is 0. The van der Waals surface area contributed by atoms with Gasteiger partial charge in [-0.15, -0.1) is 0 Å². The zero-order chi connectivity index (χ0) is 12.4. The summed E-state index contributed by atoms with van der Waals surface area (Å²) >= 11 is 6.04. The number of benzene rings is 2. The van der Waals surface area contributed by atoms with E-state index in [2.05, 4.69) is 0 Å². The second-order valence-corrected chi connectivity index (χ2v) is 4.24. The van der Waals surface area contributed by atoms with E-state index >= 15 is 0 Å². The first-order chi connectivity index (χ1) is 8.08. The molecule has 0 radical (unpaired) electrons. The van der Waals surface area contributed by atoms with E-state index in [-0.39, 0.29) is 5.56 Å². The molecule has 0 unspecified atom stereocenters. The maximum Gasteiger partial charge on any atom is 0.0715 e. The van der Waals surface area contributed by atoms with Crippen molar-refractivity contribution in [2.24, 2.45) is 0 Å². The lowest BCUT2D eigenvalue weighted by Crippen LogP contribution is -2.21. The Labute approximate surface area is 104 Å². The molecule has 0 atom stereocenters. The average molecular weight is 246 g/mol. The van der Waals surface area contributed by atoms with Gasteiger partial charge < -0.3 is 9.90 Å². The zero-order valence-corrected chi connectivity index (χ0v) is 9.99. The van der Waals surface area contributed by atoms with E-state index in [1.165, 1.54) is 12.1 Å². The molecule has 0 aliphatic carbocycles. The molecule has 0 N–H and O–H groups in total. The minimum atomic E-state index is -1.17. The van der Waals surface area contributed by atoms with Gasteiger partial charge in [0.05, 0.1) is 5.97 Å². The third kappa shape index (κ3) is 2.48. The van der Waals surface area contributed by atoms with E-state index in [4.69, 9.17) is 11.6 Å². The summed E-state index contributed by atoms with van der Waals surface area (Å²) in [4.78, 5) is 10.6. The second-order valence-electron chi connectivity index (χ2n) is 3.83. The van der Waals surface area contributed by atoms with Gasteiger partial charge in [-0.05, 0) is 35.2 Å². The van der Waals surface area contributed by atoms with Gasteiger partial charge in [0.25, 0.3) is 0 Å². The van der Waals surface area contributed by atoms with Gasteiger partial charge in [0, 0.05) is 5.02 Å². The van der Waals surface area contributed by atoms with Crippen molar-refractivity contribution in [2.75, 3.05) is 0 Å². The first-order valence-corrected chi connectivity index (χ1v) is 5.53. The first-order valence-electron chi connectivity index (χ1n) is 5.16. The van der Waals surface area contributed by atoms with E-state index < -0.39 is 5.97 Å². The number of carboxylic acid groups (broad SMARTS) is 1. The SMILES string of the molecule is Cc1ccc(-c2ccc(C(=O)[O-])cc2)cc1Cl. The Hall–Kier alpha value is -1.80. The van der Waals surface area contributed by atoms with Crippen molar-refractivity contribution in [3.05, 3.63) is 58.6 Å². The number of carbonyl (C=O) groups excluding carboxylic acids is 1. The molecule has 0 spiro atoms. The van der Waals surface area contributed by atoms with Crippen molar-refractivity contribution in [2.45, 2.75) is 6.92 Å². The summed E-state index contributed by atoms with van der Waals surface area (Å²) in [5.74, 6) is -1.17. The van der Waals surface area contributed by atoms with Crippen LogP contribution in [0.15, 0.2) is 42.5 Å². The summed E-state index contributed by atoms with van der Waals surface area (Å²) in [6, 6.07) is 12.3. The van der Waals surface area contributed by atoms with Crippen LogP contribution in [0, 0.1) is 6.92 Å². The topological polar surface area (TPSA) is 40.1 Å². The summed E-state index contributed by atoms with van der Waals surface area (Å²) in [5, 5.41) is 11.3. The molecule has 0 aliphatic heterocycles. The standard InChI is InChI=1S/C14H11ClO2/c1-9-2-3-12(8-13(9)15)10-4-6-11(7-5-10)14(16)17/h2-8H,1H3,(H,16,17)/p-1. The van der Waals surface area contributed by atoms with E-state index in [0.29, 0.717) is 5.02 Å². The lowest BCUT2D eigenvalue weighted by atomic mass is 10.0. The van der Waals surface area contributed by atoms with Crippen LogP contribution in [-0.4, -0.2) is 5.97 Å². The highest BCUT2D eigenvalue weighted by Gasteiger charge is 2.01. The van der Waals surface area contributed by atoms with Crippen molar-refractivity contribution < 1.29 is 9.90 Å². The molecule has 0 saturated heterocycles. The van der Waals surface area contributed by atoms with E-state index in [0.717, 1.165) is 16.7 Å². The van der Waals surface area contributed by atoms with E-state index in [9.17, 15) is 9.90 Å². The molecule has 2 aromatic rings. The monoisotopic (exact) mass is 245 g/mol. The highest BCUT2D eigenvalue weighted by atomic mass is 35.5. The minimum Gasteiger partial charge on any atom is -0.545 e. The third-order valence-corrected chi connectivity index (χ3v) is 3.03. The number of aromatic carboxylic acids is 1. The average Bonchev–Trinajstić information content (AvgIpc) is 2.33. The number of carbonyl (C=O) groups is 1. The molecule has 0 bridgehead atoms. The molecule has 2 aromatic carbocycles. The molecule has 17 heavy (non-hydrogen) atoms. The van der Waals surface area contributed by atoms with Crippen molar-refractivity contribution in [1.29, 1.82) is 0 Å². The zero-order valence-electron chi connectivity index (χ0n) is 9.24. The van der Waals surface area contributed by atoms with Gasteiger partial charge in [-0.2, -0.15) is 0 Å².